The van der Waals surface area contributed by atoms with Gasteiger partial charge in [-0.15, -0.1) is 10.2 Å². The molecule has 120 valence electrons. The Morgan fingerprint density at radius 1 is 0.870 bits per heavy atom. The maximum Gasteiger partial charge on any atom is 0.284 e. The van der Waals surface area contributed by atoms with Gasteiger partial charge in [-0.05, 0) is 36.6 Å². The first-order chi connectivity index (χ1) is 11.2. The molecule has 9 heteroatoms. The van der Waals surface area contributed by atoms with Crippen molar-refractivity contribution >= 4 is 30.1 Å². The molecular weight excluding hydrogens is 334 g/mol. The summed E-state index contributed by atoms with van der Waals surface area (Å²) >= 11 is 9.78. The first-order valence-corrected chi connectivity index (χ1v) is 7.91. The molecule has 0 saturated heterocycles. The van der Waals surface area contributed by atoms with Crippen LogP contribution in [-0.2, 0) is 12.8 Å². The quantitative estimate of drug-likeness (QED) is 0.634. The number of nitrogens with one attached hydrogen (secondary N) is 2. The maximum atomic E-state index is 5.31. The van der Waals surface area contributed by atoms with E-state index in [2.05, 4.69) is 37.4 Å². The number of aromatic nitrogens is 4. The van der Waals surface area contributed by atoms with Gasteiger partial charge >= 0.3 is 0 Å². The number of para-hydroxylation sites is 1. The summed E-state index contributed by atoms with van der Waals surface area (Å²) in [4.78, 5) is 2.79. The zero-order valence-electron chi connectivity index (χ0n) is 12.2. The molecule has 0 spiro atoms. The Hall–Kier alpha value is -2.26. The topological polar surface area (TPSA) is 86.9 Å². The first-order valence-electron chi connectivity index (χ1n) is 7.09. The number of nitrogens with zero attached hydrogens (tertiary/aromatic N) is 3. The highest BCUT2D eigenvalue weighted by Crippen LogP contribution is 2.14. The Morgan fingerprint density at radius 2 is 1.39 bits per heavy atom. The van der Waals surface area contributed by atoms with Gasteiger partial charge in [-0.1, -0.05) is 18.2 Å². The van der Waals surface area contributed by atoms with Crippen molar-refractivity contribution in [2.45, 2.75) is 12.8 Å². The summed E-state index contributed by atoms with van der Waals surface area (Å²) in [7, 11) is 0. The minimum Gasteiger partial charge on any atom is -0.414 e. The fraction of sp³-hybridized carbons (Fsp3) is 0.286. The fourth-order valence-corrected chi connectivity index (χ4v) is 2.49. The summed E-state index contributed by atoms with van der Waals surface area (Å²) < 4.78 is 10.6. The van der Waals surface area contributed by atoms with Gasteiger partial charge in [0.05, 0.1) is 0 Å². The van der Waals surface area contributed by atoms with Gasteiger partial charge in [-0.2, -0.15) is 0 Å². The highest BCUT2D eigenvalue weighted by atomic mass is 32.1. The smallest absolute Gasteiger partial charge is 0.284 e. The predicted molar refractivity (Wildman–Crippen MR) is 89.4 cm³/mol. The van der Waals surface area contributed by atoms with E-state index in [-0.39, 0.29) is 0 Å². The molecule has 0 aliphatic carbocycles. The Balaban J connectivity index is 1.68. The number of hydrogen-bond acceptors (Lipinski definition) is 7. The number of aromatic amines is 2. The van der Waals surface area contributed by atoms with Gasteiger partial charge in [0.25, 0.3) is 9.67 Å². The average Bonchev–Trinajstić information content (AvgIpc) is 3.17. The van der Waals surface area contributed by atoms with E-state index in [0.29, 0.717) is 34.3 Å². The molecule has 2 aromatic heterocycles. The van der Waals surface area contributed by atoms with E-state index in [0.717, 1.165) is 18.8 Å². The number of benzene rings is 1. The van der Waals surface area contributed by atoms with Crippen LogP contribution in [0.5, 0.6) is 0 Å². The predicted octanol–water partition coefficient (Wildman–Crippen LogP) is 3.07. The molecule has 0 amide bonds. The lowest BCUT2D eigenvalue weighted by atomic mass is 10.2. The van der Waals surface area contributed by atoms with Crippen molar-refractivity contribution < 1.29 is 8.83 Å². The van der Waals surface area contributed by atoms with Crippen LogP contribution in [0.2, 0.25) is 0 Å². The van der Waals surface area contributed by atoms with Crippen LogP contribution in [0.1, 0.15) is 11.8 Å². The molecule has 0 saturated carbocycles. The normalized spacial score (nSPS) is 10.8. The molecule has 3 rings (SSSR count). The van der Waals surface area contributed by atoms with E-state index in [4.69, 9.17) is 33.3 Å². The summed E-state index contributed by atoms with van der Waals surface area (Å²) in [6.07, 6.45) is 1.29. The van der Waals surface area contributed by atoms with Crippen LogP contribution < -0.4 is 4.90 Å². The van der Waals surface area contributed by atoms with E-state index in [1.165, 1.54) is 0 Å². The SMILES string of the molecule is S=c1[nH]nc(CCN(CCc2n[nH]c(=S)o2)c2ccccc2)o1. The second kappa shape index (κ2) is 7.34. The van der Waals surface area contributed by atoms with E-state index >= 15 is 0 Å². The number of hydrogen-bond donors (Lipinski definition) is 2. The minimum absolute atomic E-state index is 0.291. The summed E-state index contributed by atoms with van der Waals surface area (Å²) in [6, 6.07) is 10.1. The maximum absolute atomic E-state index is 5.31. The van der Waals surface area contributed by atoms with Crippen LogP contribution in [-0.4, -0.2) is 33.5 Å². The molecule has 23 heavy (non-hydrogen) atoms. The third kappa shape index (κ3) is 4.36. The highest BCUT2D eigenvalue weighted by molar-refractivity contribution is 7.71. The Kier molecular flexibility index (Phi) is 4.99. The van der Waals surface area contributed by atoms with Crippen LogP contribution in [0.25, 0.3) is 0 Å². The average molecular weight is 349 g/mol. The third-order valence-corrected chi connectivity index (χ3v) is 3.63. The largest absolute Gasteiger partial charge is 0.414 e. The number of anilines is 1. The van der Waals surface area contributed by atoms with E-state index in [1.54, 1.807) is 0 Å². The molecule has 0 radical (unpaired) electrons. The van der Waals surface area contributed by atoms with Gasteiger partial charge < -0.3 is 13.7 Å². The fourth-order valence-electron chi connectivity index (χ4n) is 2.21. The summed E-state index contributed by atoms with van der Waals surface area (Å²) in [5.41, 5.74) is 1.11. The lowest BCUT2D eigenvalue weighted by molar-refractivity contribution is 0.470. The van der Waals surface area contributed by atoms with Gasteiger partial charge in [0, 0.05) is 31.6 Å². The highest BCUT2D eigenvalue weighted by Gasteiger charge is 2.10. The molecule has 0 aliphatic heterocycles. The molecule has 0 fully saturated rings. The van der Waals surface area contributed by atoms with Gasteiger partial charge in [0.15, 0.2) is 0 Å². The molecule has 0 unspecified atom stereocenters. The molecule has 2 heterocycles. The van der Waals surface area contributed by atoms with Gasteiger partial charge in [0.2, 0.25) is 11.8 Å². The molecule has 1 aromatic carbocycles. The van der Waals surface area contributed by atoms with Gasteiger partial charge in [-0.25, -0.2) is 10.2 Å². The van der Waals surface area contributed by atoms with Crippen molar-refractivity contribution in [1.82, 2.24) is 20.4 Å². The Morgan fingerprint density at radius 3 is 1.83 bits per heavy atom. The second-order valence-corrected chi connectivity index (χ2v) is 5.58. The van der Waals surface area contributed by atoms with Crippen molar-refractivity contribution in [3.63, 3.8) is 0 Å². The molecule has 3 aromatic rings. The summed E-state index contributed by atoms with van der Waals surface area (Å²) in [5.74, 6) is 1.18. The molecule has 0 bridgehead atoms. The molecule has 0 atom stereocenters. The first kappa shape index (κ1) is 15.6. The summed E-state index contributed by atoms with van der Waals surface area (Å²) in [5, 5.41) is 13.3. The van der Waals surface area contributed by atoms with Crippen molar-refractivity contribution in [1.29, 1.82) is 0 Å². The lowest BCUT2D eigenvalue weighted by Crippen LogP contribution is -2.28. The van der Waals surface area contributed by atoms with Crippen LogP contribution in [0.15, 0.2) is 39.2 Å². The van der Waals surface area contributed by atoms with Crippen molar-refractivity contribution in [2.75, 3.05) is 18.0 Å². The number of H-pyrrole nitrogens is 2. The van der Waals surface area contributed by atoms with Gasteiger partial charge in [-0.3, -0.25) is 0 Å². The standard InChI is InChI=1S/C14H15N5O2S2/c22-13-17-15-11(20-13)6-8-19(10-4-2-1-3-5-10)9-7-12-16-18-14(23)21-12/h1-5H,6-9H2,(H,17,22)(H,18,23). The van der Waals surface area contributed by atoms with Crippen LogP contribution in [0.4, 0.5) is 5.69 Å². The summed E-state index contributed by atoms with van der Waals surface area (Å²) in [6.45, 7) is 1.47. The van der Waals surface area contributed by atoms with Gasteiger partial charge in [0.1, 0.15) is 0 Å². The Bertz CT molecular complexity index is 799. The van der Waals surface area contributed by atoms with Crippen molar-refractivity contribution in [3.8, 4) is 0 Å². The van der Waals surface area contributed by atoms with Crippen LogP contribution in [0.3, 0.4) is 0 Å². The molecular formula is C14H15N5O2S2. The van der Waals surface area contributed by atoms with E-state index in [9.17, 15) is 0 Å². The minimum atomic E-state index is 0.291. The third-order valence-electron chi connectivity index (χ3n) is 3.28. The molecule has 7 nitrogen and oxygen atoms in total. The lowest BCUT2D eigenvalue weighted by Gasteiger charge is -2.23. The van der Waals surface area contributed by atoms with Crippen molar-refractivity contribution in [2.24, 2.45) is 0 Å². The van der Waals surface area contributed by atoms with Crippen LogP contribution >= 0.6 is 24.4 Å². The van der Waals surface area contributed by atoms with Crippen LogP contribution in [0, 0.1) is 9.67 Å². The zero-order valence-corrected chi connectivity index (χ0v) is 13.8. The molecule has 2 N–H and O–H groups in total. The number of rotatable bonds is 7. The second-order valence-electron chi connectivity index (χ2n) is 4.84. The molecule has 0 aliphatic rings. The monoisotopic (exact) mass is 349 g/mol. The Labute approximate surface area is 142 Å². The van der Waals surface area contributed by atoms with E-state index in [1.807, 2.05) is 18.2 Å². The zero-order chi connectivity index (χ0) is 16.1. The van der Waals surface area contributed by atoms with Crippen molar-refractivity contribution in [3.05, 3.63) is 51.8 Å². The van der Waals surface area contributed by atoms with E-state index < -0.39 is 0 Å².